The van der Waals surface area contributed by atoms with Crippen LogP contribution in [0.5, 0.6) is 5.75 Å². The summed E-state index contributed by atoms with van der Waals surface area (Å²) in [4.78, 5) is 37.0. The van der Waals surface area contributed by atoms with E-state index in [1.54, 1.807) is 19.2 Å². The van der Waals surface area contributed by atoms with Crippen LogP contribution in [0.15, 0.2) is 48.7 Å². The molecule has 0 radical (unpaired) electrons. The number of hydrogen-bond donors (Lipinski definition) is 3. The molecular weight excluding hydrogens is 644 g/mol. The Morgan fingerprint density at radius 3 is 2.69 bits per heavy atom. The van der Waals surface area contributed by atoms with Crippen molar-refractivity contribution >= 4 is 46.3 Å². The van der Waals surface area contributed by atoms with Gasteiger partial charge in [-0.05, 0) is 61.3 Å². The normalized spacial score (nSPS) is 19.7. The number of nitrogens with zero attached hydrogens (tertiary/aromatic N) is 5. The molecule has 5 rings (SSSR count). The standard InChI is InChI=1S/C36H49ClN8O4/c1-4-27-10-9-25(2)19-28(27)21-34(46)38-13-6-14-43-15-17-44(18-16-43)29-11-12-32(33(22-29)49-3)41-36-40-24-31(37)35(42-36)39-23-26-7-5-8-30(20-26)45(47)48/h5,7-8,11-12,20,22,24-25,27-28H,4,6,9-10,13-19,21,23H2,1-3H3,(H,38,46)(H2,39,40,41,42). The Balaban J connectivity index is 1.07. The molecule has 1 saturated carbocycles. The third-order valence-corrected chi connectivity index (χ3v) is 10.1. The highest BCUT2D eigenvalue weighted by Crippen LogP contribution is 2.37. The zero-order valence-electron chi connectivity index (χ0n) is 28.8. The Bertz CT molecular complexity index is 1570. The van der Waals surface area contributed by atoms with Crippen LogP contribution in [0, 0.1) is 27.9 Å². The van der Waals surface area contributed by atoms with Gasteiger partial charge in [0.1, 0.15) is 10.8 Å². The molecule has 1 aliphatic carbocycles. The van der Waals surface area contributed by atoms with E-state index in [2.05, 4.69) is 55.6 Å². The lowest BCUT2D eigenvalue weighted by Crippen LogP contribution is -2.47. The second-order valence-electron chi connectivity index (χ2n) is 13.3. The van der Waals surface area contributed by atoms with Gasteiger partial charge in [-0.2, -0.15) is 4.98 Å². The van der Waals surface area contributed by atoms with Crippen molar-refractivity contribution in [1.29, 1.82) is 0 Å². The number of carbonyl (C=O) groups is 1. The molecule has 0 spiro atoms. The Morgan fingerprint density at radius 1 is 1.12 bits per heavy atom. The quantitative estimate of drug-likeness (QED) is 0.0878. The van der Waals surface area contributed by atoms with E-state index in [0.29, 0.717) is 53.0 Å². The highest BCUT2D eigenvalue weighted by Gasteiger charge is 2.29. The molecule has 1 aliphatic heterocycles. The number of ether oxygens (including phenoxy) is 1. The van der Waals surface area contributed by atoms with Crippen LogP contribution in [0.2, 0.25) is 5.02 Å². The fourth-order valence-electron chi connectivity index (χ4n) is 7.04. The first-order valence-electron chi connectivity index (χ1n) is 17.4. The maximum atomic E-state index is 12.7. The van der Waals surface area contributed by atoms with E-state index in [0.717, 1.165) is 62.9 Å². The third kappa shape index (κ3) is 10.2. The topological polar surface area (TPSA) is 138 Å². The lowest BCUT2D eigenvalue weighted by atomic mass is 9.72. The summed E-state index contributed by atoms with van der Waals surface area (Å²) < 4.78 is 5.72. The largest absolute Gasteiger partial charge is 0.494 e. The average Bonchev–Trinajstić information content (AvgIpc) is 3.11. The van der Waals surface area contributed by atoms with E-state index in [4.69, 9.17) is 16.3 Å². The number of rotatable bonds is 15. The van der Waals surface area contributed by atoms with Gasteiger partial charge in [0.15, 0.2) is 5.82 Å². The first-order chi connectivity index (χ1) is 23.7. The van der Waals surface area contributed by atoms with Crippen molar-refractivity contribution in [1.82, 2.24) is 20.2 Å². The SMILES string of the molecule is CCC1CCC(C)CC1CC(=O)NCCCN1CCN(c2ccc(Nc3ncc(Cl)c(NCc4cccc([N+](=O)[O-])c4)n3)c(OC)c2)CC1. The number of benzene rings is 2. The summed E-state index contributed by atoms with van der Waals surface area (Å²) in [5.41, 5.74) is 2.54. The van der Waals surface area contributed by atoms with Gasteiger partial charge in [-0.1, -0.05) is 50.4 Å². The monoisotopic (exact) mass is 692 g/mol. The minimum atomic E-state index is -0.424. The molecule has 12 nitrogen and oxygen atoms in total. The lowest BCUT2D eigenvalue weighted by Gasteiger charge is -2.36. The number of anilines is 4. The van der Waals surface area contributed by atoms with Crippen molar-refractivity contribution in [3.05, 3.63) is 69.4 Å². The Morgan fingerprint density at radius 2 is 1.94 bits per heavy atom. The number of aromatic nitrogens is 2. The van der Waals surface area contributed by atoms with Crippen LogP contribution in [0.1, 0.15) is 57.9 Å². The second kappa shape index (κ2) is 17.5. The number of piperazine rings is 1. The van der Waals surface area contributed by atoms with E-state index in [-0.39, 0.29) is 11.6 Å². The maximum absolute atomic E-state index is 12.7. The zero-order chi connectivity index (χ0) is 34.8. The van der Waals surface area contributed by atoms with Crippen LogP contribution in [0.4, 0.5) is 28.8 Å². The zero-order valence-corrected chi connectivity index (χ0v) is 29.5. The number of methoxy groups -OCH3 is 1. The van der Waals surface area contributed by atoms with Gasteiger partial charge in [-0.3, -0.25) is 19.8 Å². The van der Waals surface area contributed by atoms with Crippen molar-refractivity contribution in [2.75, 3.05) is 61.9 Å². The summed E-state index contributed by atoms with van der Waals surface area (Å²) in [5.74, 6) is 3.58. The maximum Gasteiger partial charge on any atom is 0.269 e. The number of amides is 1. The summed E-state index contributed by atoms with van der Waals surface area (Å²) in [7, 11) is 1.63. The predicted octanol–water partition coefficient (Wildman–Crippen LogP) is 6.88. The van der Waals surface area contributed by atoms with E-state index in [1.165, 1.54) is 44.0 Å². The summed E-state index contributed by atoms with van der Waals surface area (Å²) in [6.45, 7) is 10.3. The van der Waals surface area contributed by atoms with Gasteiger partial charge in [0.05, 0.1) is 23.9 Å². The Labute approximate surface area is 294 Å². The molecule has 3 aromatic rings. The van der Waals surface area contributed by atoms with Gasteiger partial charge in [-0.15, -0.1) is 0 Å². The van der Waals surface area contributed by atoms with Gasteiger partial charge >= 0.3 is 0 Å². The van der Waals surface area contributed by atoms with Crippen LogP contribution >= 0.6 is 11.6 Å². The molecule has 264 valence electrons. The van der Waals surface area contributed by atoms with Crippen molar-refractivity contribution < 1.29 is 14.5 Å². The molecule has 13 heteroatoms. The van der Waals surface area contributed by atoms with Crippen LogP contribution in [0.25, 0.3) is 0 Å². The highest BCUT2D eigenvalue weighted by molar-refractivity contribution is 6.32. The van der Waals surface area contributed by atoms with Crippen LogP contribution in [-0.4, -0.2) is 72.1 Å². The molecule has 49 heavy (non-hydrogen) atoms. The fraction of sp³-hybridized carbons (Fsp3) is 0.528. The van der Waals surface area contributed by atoms with Gasteiger partial charge in [0.2, 0.25) is 11.9 Å². The molecule has 1 saturated heterocycles. The first kappa shape index (κ1) is 36.1. The molecular formula is C36H49ClN8O4. The predicted molar refractivity (Wildman–Crippen MR) is 195 cm³/mol. The van der Waals surface area contributed by atoms with Gasteiger partial charge in [-0.25, -0.2) is 4.98 Å². The first-order valence-corrected chi connectivity index (χ1v) is 17.8. The number of non-ortho nitro benzene ring substituents is 1. The van der Waals surface area contributed by atoms with Crippen LogP contribution in [-0.2, 0) is 11.3 Å². The molecule has 2 aliphatic rings. The molecule has 2 fully saturated rings. The fourth-order valence-corrected chi connectivity index (χ4v) is 7.19. The third-order valence-electron chi connectivity index (χ3n) is 9.84. The molecule has 1 aromatic heterocycles. The summed E-state index contributed by atoms with van der Waals surface area (Å²) in [5, 5.41) is 21.0. The second-order valence-corrected chi connectivity index (χ2v) is 13.7. The molecule has 1 amide bonds. The number of nitro groups is 1. The van der Waals surface area contributed by atoms with Crippen molar-refractivity contribution in [2.24, 2.45) is 17.8 Å². The Hall–Kier alpha value is -4.16. The van der Waals surface area contributed by atoms with E-state index in [9.17, 15) is 14.9 Å². The average molecular weight is 693 g/mol. The minimum absolute atomic E-state index is 0.0226. The molecule has 3 atom stereocenters. The van der Waals surface area contributed by atoms with E-state index in [1.807, 2.05) is 12.1 Å². The van der Waals surface area contributed by atoms with Crippen molar-refractivity contribution in [3.63, 3.8) is 0 Å². The number of nitrogens with one attached hydrogen (secondary N) is 3. The van der Waals surface area contributed by atoms with E-state index < -0.39 is 4.92 Å². The smallest absolute Gasteiger partial charge is 0.269 e. The number of carbonyl (C=O) groups excluding carboxylic acids is 1. The van der Waals surface area contributed by atoms with E-state index >= 15 is 0 Å². The molecule has 3 N–H and O–H groups in total. The Kier molecular flexibility index (Phi) is 12.9. The summed E-state index contributed by atoms with van der Waals surface area (Å²) in [6.07, 6.45) is 8.06. The molecule has 0 bridgehead atoms. The summed E-state index contributed by atoms with van der Waals surface area (Å²) in [6, 6.07) is 12.4. The highest BCUT2D eigenvalue weighted by atomic mass is 35.5. The number of hydrogen-bond acceptors (Lipinski definition) is 10. The number of nitro benzene ring substituents is 1. The molecule has 2 aromatic carbocycles. The van der Waals surface area contributed by atoms with Crippen LogP contribution < -0.4 is 25.6 Å². The molecule has 3 unspecified atom stereocenters. The molecule has 2 heterocycles. The van der Waals surface area contributed by atoms with Crippen LogP contribution in [0.3, 0.4) is 0 Å². The van der Waals surface area contributed by atoms with Crippen molar-refractivity contribution in [2.45, 2.75) is 58.9 Å². The van der Waals surface area contributed by atoms with Gasteiger partial charge in [0.25, 0.3) is 5.69 Å². The van der Waals surface area contributed by atoms with Crippen molar-refractivity contribution in [3.8, 4) is 5.75 Å². The lowest BCUT2D eigenvalue weighted by molar-refractivity contribution is -0.384. The summed E-state index contributed by atoms with van der Waals surface area (Å²) >= 11 is 6.34. The number of halogens is 1. The van der Waals surface area contributed by atoms with Gasteiger partial charge < -0.3 is 25.6 Å². The van der Waals surface area contributed by atoms with Gasteiger partial charge in [0, 0.05) is 69.6 Å². The minimum Gasteiger partial charge on any atom is -0.494 e.